The van der Waals surface area contributed by atoms with Crippen molar-refractivity contribution in [2.45, 2.75) is 44.4 Å². The van der Waals surface area contributed by atoms with Crippen LogP contribution in [-0.4, -0.2) is 52.2 Å². The van der Waals surface area contributed by atoms with Crippen molar-refractivity contribution in [3.63, 3.8) is 0 Å². The molecule has 8 heteroatoms. The van der Waals surface area contributed by atoms with Gasteiger partial charge in [0.1, 0.15) is 12.2 Å². The van der Waals surface area contributed by atoms with E-state index in [1.54, 1.807) is 16.7 Å². The minimum atomic E-state index is -0.0910. The number of rotatable bonds is 6. The van der Waals surface area contributed by atoms with E-state index in [2.05, 4.69) is 27.8 Å². The van der Waals surface area contributed by atoms with Gasteiger partial charge in [-0.1, -0.05) is 23.4 Å². The number of amides is 2. The van der Waals surface area contributed by atoms with Gasteiger partial charge in [0, 0.05) is 19.0 Å². The molecule has 0 spiro atoms. The van der Waals surface area contributed by atoms with Crippen molar-refractivity contribution in [2.75, 3.05) is 20.2 Å². The lowest BCUT2D eigenvalue weighted by atomic mass is 9.96. The smallest absolute Gasteiger partial charge is 0.318 e. The summed E-state index contributed by atoms with van der Waals surface area (Å²) in [6.45, 7) is 1.53. The highest BCUT2D eigenvalue weighted by molar-refractivity contribution is 5.76. The van der Waals surface area contributed by atoms with Gasteiger partial charge < -0.3 is 19.7 Å². The number of carbonyl (C=O) groups is 1. The molecule has 2 fully saturated rings. The summed E-state index contributed by atoms with van der Waals surface area (Å²) in [7, 11) is 1.67. The first-order valence-electron chi connectivity index (χ1n) is 10.9. The summed E-state index contributed by atoms with van der Waals surface area (Å²) < 4.78 is 13.5. The number of nitrogens with zero attached hydrogens (tertiary/aromatic N) is 4. The summed E-state index contributed by atoms with van der Waals surface area (Å²) in [4.78, 5) is 14.3. The first-order chi connectivity index (χ1) is 15.2. The molecule has 1 aliphatic carbocycles. The van der Waals surface area contributed by atoms with Crippen LogP contribution in [0.4, 0.5) is 4.79 Å². The van der Waals surface area contributed by atoms with Crippen LogP contribution in [0.5, 0.6) is 11.5 Å². The fourth-order valence-corrected chi connectivity index (χ4v) is 4.49. The van der Waals surface area contributed by atoms with Gasteiger partial charge in [0.2, 0.25) is 0 Å². The second-order valence-electron chi connectivity index (χ2n) is 8.26. The second-order valence-corrected chi connectivity index (χ2v) is 8.26. The van der Waals surface area contributed by atoms with Crippen molar-refractivity contribution < 1.29 is 14.3 Å². The van der Waals surface area contributed by atoms with E-state index in [0.29, 0.717) is 19.8 Å². The molecule has 1 saturated carbocycles. The minimum Gasteiger partial charge on any atom is -0.493 e. The van der Waals surface area contributed by atoms with Gasteiger partial charge in [0.15, 0.2) is 11.5 Å². The molecule has 1 aliphatic heterocycles. The molecule has 5 rings (SSSR count). The summed E-state index contributed by atoms with van der Waals surface area (Å²) >= 11 is 0. The fraction of sp³-hybridized carbons (Fsp3) is 0.435. The Kier molecular flexibility index (Phi) is 5.36. The van der Waals surface area contributed by atoms with Gasteiger partial charge in [-0.05, 0) is 55.5 Å². The van der Waals surface area contributed by atoms with Crippen LogP contribution in [0.3, 0.4) is 0 Å². The lowest BCUT2D eigenvalue weighted by molar-refractivity contribution is 0.159. The first-order valence-corrected chi connectivity index (χ1v) is 10.9. The summed E-state index contributed by atoms with van der Waals surface area (Å²) in [5, 5.41) is 11.4. The Morgan fingerprint density at radius 2 is 1.97 bits per heavy atom. The zero-order valence-electron chi connectivity index (χ0n) is 17.7. The molecule has 162 valence electrons. The molecule has 1 saturated heterocycles. The van der Waals surface area contributed by atoms with Crippen LogP contribution >= 0.6 is 0 Å². The van der Waals surface area contributed by atoms with Crippen molar-refractivity contribution in [2.24, 2.45) is 0 Å². The number of ether oxygens (including phenoxy) is 2. The highest BCUT2D eigenvalue weighted by Gasteiger charge is 2.28. The zero-order valence-corrected chi connectivity index (χ0v) is 17.7. The maximum absolute atomic E-state index is 12.5. The first kappa shape index (κ1) is 19.7. The molecule has 1 aromatic heterocycles. The molecule has 2 aromatic carbocycles. The van der Waals surface area contributed by atoms with Crippen LogP contribution < -0.4 is 14.8 Å². The molecule has 3 aromatic rings. The second kappa shape index (κ2) is 8.45. The Morgan fingerprint density at radius 1 is 1.13 bits per heavy atom. The molecule has 1 atom stereocenters. The van der Waals surface area contributed by atoms with Crippen molar-refractivity contribution >= 4 is 17.1 Å². The molecule has 2 amide bonds. The number of para-hydroxylation sites is 1. The third-order valence-corrected chi connectivity index (χ3v) is 6.21. The number of hydrogen-bond donors (Lipinski definition) is 1. The predicted molar refractivity (Wildman–Crippen MR) is 116 cm³/mol. The van der Waals surface area contributed by atoms with E-state index >= 15 is 0 Å². The van der Waals surface area contributed by atoms with Crippen LogP contribution in [0.1, 0.15) is 37.2 Å². The highest BCUT2D eigenvalue weighted by atomic mass is 16.5. The summed E-state index contributed by atoms with van der Waals surface area (Å²) in [5.41, 5.74) is 2.86. The van der Waals surface area contributed by atoms with Crippen LogP contribution in [0.25, 0.3) is 11.0 Å². The number of aromatic nitrogens is 3. The van der Waals surface area contributed by atoms with Crippen LogP contribution in [0, 0.1) is 0 Å². The van der Waals surface area contributed by atoms with Gasteiger partial charge in [-0.15, -0.1) is 5.10 Å². The quantitative estimate of drug-likeness (QED) is 0.659. The normalized spacial score (nSPS) is 19.6. The number of carbonyl (C=O) groups excluding carboxylic acids is 1. The van der Waals surface area contributed by atoms with Gasteiger partial charge in [0.05, 0.1) is 18.7 Å². The topological polar surface area (TPSA) is 81.5 Å². The third kappa shape index (κ3) is 4.02. The van der Waals surface area contributed by atoms with E-state index in [1.165, 1.54) is 12.8 Å². The van der Waals surface area contributed by atoms with E-state index in [0.717, 1.165) is 40.9 Å². The Labute approximate surface area is 181 Å². The van der Waals surface area contributed by atoms with E-state index < -0.39 is 0 Å². The average Bonchev–Trinajstić information content (AvgIpc) is 3.45. The van der Waals surface area contributed by atoms with E-state index in [9.17, 15) is 4.79 Å². The van der Waals surface area contributed by atoms with Gasteiger partial charge in [-0.25, -0.2) is 9.48 Å². The number of nitrogens with one attached hydrogen (secondary N) is 1. The zero-order chi connectivity index (χ0) is 21.2. The third-order valence-electron chi connectivity index (χ3n) is 6.21. The number of benzene rings is 2. The number of hydrogen-bond acceptors (Lipinski definition) is 5. The van der Waals surface area contributed by atoms with Crippen LogP contribution in [0.15, 0.2) is 42.5 Å². The highest BCUT2D eigenvalue weighted by Crippen LogP contribution is 2.35. The lowest BCUT2D eigenvalue weighted by Gasteiger charge is -2.33. The Morgan fingerprint density at radius 3 is 2.81 bits per heavy atom. The standard InChI is InChI=1S/C23H27N5O3/c1-30-21-11-10-16(12-22(21)31-18-6-2-3-7-18)17-13-24-23(29)27(14-17)15-28-20-9-5-4-8-19(20)25-26-28/h4-5,8-12,17-18H,2-3,6-7,13-15H2,1H3,(H,24,29). The summed E-state index contributed by atoms with van der Waals surface area (Å²) in [6, 6.07) is 13.8. The van der Waals surface area contributed by atoms with E-state index in [-0.39, 0.29) is 18.1 Å². The maximum Gasteiger partial charge on any atom is 0.318 e. The number of urea groups is 1. The monoisotopic (exact) mass is 421 g/mol. The van der Waals surface area contributed by atoms with E-state index in [4.69, 9.17) is 9.47 Å². The molecule has 8 nitrogen and oxygen atoms in total. The molecular weight excluding hydrogens is 394 g/mol. The van der Waals surface area contributed by atoms with Crippen LogP contribution in [-0.2, 0) is 6.67 Å². The molecular formula is C23H27N5O3. The Bertz CT molecular complexity index is 1080. The minimum absolute atomic E-state index is 0.0910. The van der Waals surface area contributed by atoms with Gasteiger partial charge in [-0.3, -0.25) is 0 Å². The molecule has 1 N–H and O–H groups in total. The largest absolute Gasteiger partial charge is 0.493 e. The molecule has 1 unspecified atom stereocenters. The molecule has 0 bridgehead atoms. The van der Waals surface area contributed by atoms with Gasteiger partial charge >= 0.3 is 6.03 Å². The summed E-state index contributed by atoms with van der Waals surface area (Å²) in [6.07, 6.45) is 4.87. The maximum atomic E-state index is 12.5. The van der Waals surface area contributed by atoms with Gasteiger partial charge in [0.25, 0.3) is 0 Å². The summed E-state index contributed by atoms with van der Waals surface area (Å²) in [5.74, 6) is 1.68. The van der Waals surface area contributed by atoms with Crippen molar-refractivity contribution in [1.82, 2.24) is 25.2 Å². The number of fused-ring (bicyclic) bond motifs is 1. The Balaban J connectivity index is 1.35. The lowest BCUT2D eigenvalue weighted by Crippen LogP contribution is -2.50. The van der Waals surface area contributed by atoms with Crippen molar-refractivity contribution in [1.29, 1.82) is 0 Å². The van der Waals surface area contributed by atoms with Crippen molar-refractivity contribution in [3.8, 4) is 11.5 Å². The van der Waals surface area contributed by atoms with Crippen molar-refractivity contribution in [3.05, 3.63) is 48.0 Å². The van der Waals surface area contributed by atoms with E-state index in [1.807, 2.05) is 30.3 Å². The van der Waals surface area contributed by atoms with Gasteiger partial charge in [-0.2, -0.15) is 0 Å². The molecule has 0 radical (unpaired) electrons. The number of methoxy groups -OCH3 is 1. The molecule has 2 heterocycles. The van der Waals surface area contributed by atoms with Crippen LogP contribution in [0.2, 0.25) is 0 Å². The SMILES string of the molecule is COc1ccc(C2CNC(=O)N(Cn3nnc4ccccc43)C2)cc1OC1CCCC1. The fourth-order valence-electron chi connectivity index (χ4n) is 4.49. The molecule has 31 heavy (non-hydrogen) atoms. The molecule has 2 aliphatic rings. The predicted octanol–water partition coefficient (Wildman–Crippen LogP) is 3.53. The average molecular weight is 422 g/mol. The Hall–Kier alpha value is -3.29.